The third kappa shape index (κ3) is 5.22. The van der Waals surface area contributed by atoms with Crippen LogP contribution >= 0.6 is 0 Å². The van der Waals surface area contributed by atoms with Crippen LogP contribution in [0, 0.1) is 0 Å². The number of carbonyl (C=O) groups is 2. The molecule has 2 aromatic rings. The van der Waals surface area contributed by atoms with Gasteiger partial charge >= 0.3 is 12.0 Å². The van der Waals surface area contributed by atoms with Crippen molar-refractivity contribution >= 4 is 17.7 Å². The van der Waals surface area contributed by atoms with Gasteiger partial charge in [0.05, 0.1) is 12.3 Å². The van der Waals surface area contributed by atoms with E-state index in [-0.39, 0.29) is 12.2 Å². The number of hydrogen-bond donors (Lipinski definition) is 3. The highest BCUT2D eigenvalue weighted by Crippen LogP contribution is 2.22. The average molecular weight is 398 g/mol. The maximum atomic E-state index is 12.1. The number of H-pyrrole nitrogens is 1. The first-order chi connectivity index (χ1) is 14.0. The normalized spacial score (nSPS) is 13.9. The number of ether oxygens (including phenoxy) is 1. The van der Waals surface area contributed by atoms with E-state index in [2.05, 4.69) is 20.8 Å². The van der Waals surface area contributed by atoms with Gasteiger partial charge in [-0.3, -0.25) is 4.79 Å². The molecule has 1 aromatic carbocycles. The number of nitrogens with zero attached hydrogens (tertiary/aromatic N) is 1. The molecule has 1 aliphatic carbocycles. The van der Waals surface area contributed by atoms with Gasteiger partial charge in [0.25, 0.3) is 5.56 Å². The van der Waals surface area contributed by atoms with Crippen LogP contribution in [0.4, 0.5) is 10.5 Å². The first kappa shape index (κ1) is 20.6. The number of esters is 1. The zero-order valence-electron chi connectivity index (χ0n) is 16.7. The molecule has 3 rings (SSSR count). The molecule has 29 heavy (non-hydrogen) atoms. The third-order valence-electron chi connectivity index (χ3n) is 4.93. The van der Waals surface area contributed by atoms with Gasteiger partial charge in [0.2, 0.25) is 0 Å². The second kappa shape index (κ2) is 9.36. The van der Waals surface area contributed by atoms with Crippen LogP contribution in [0.3, 0.4) is 0 Å². The summed E-state index contributed by atoms with van der Waals surface area (Å²) in [7, 11) is 0. The smallest absolute Gasteiger partial charge is 0.328 e. The topological polar surface area (TPSA) is 113 Å². The lowest BCUT2D eigenvalue weighted by Crippen LogP contribution is -2.41. The third-order valence-corrected chi connectivity index (χ3v) is 4.93. The van der Waals surface area contributed by atoms with Gasteiger partial charge in [-0.05, 0) is 62.8 Å². The van der Waals surface area contributed by atoms with Crippen LogP contribution in [0.15, 0.2) is 29.1 Å². The van der Waals surface area contributed by atoms with Gasteiger partial charge in [0.1, 0.15) is 6.04 Å². The fourth-order valence-corrected chi connectivity index (χ4v) is 3.52. The molecule has 2 amide bonds. The van der Waals surface area contributed by atoms with Gasteiger partial charge in [-0.1, -0.05) is 12.1 Å². The van der Waals surface area contributed by atoms with Crippen LogP contribution in [0.1, 0.15) is 49.1 Å². The van der Waals surface area contributed by atoms with E-state index in [4.69, 9.17) is 4.74 Å². The Labute approximate surface area is 169 Å². The first-order valence-electron chi connectivity index (χ1n) is 9.90. The van der Waals surface area contributed by atoms with E-state index in [1.54, 1.807) is 19.9 Å². The molecule has 0 radical (unpaired) electrons. The quantitative estimate of drug-likeness (QED) is 0.646. The maximum Gasteiger partial charge on any atom is 0.328 e. The molecule has 0 spiro atoms. The molecule has 1 atom stereocenters. The summed E-state index contributed by atoms with van der Waals surface area (Å²) < 4.78 is 4.88. The second-order valence-electron chi connectivity index (χ2n) is 7.11. The summed E-state index contributed by atoms with van der Waals surface area (Å²) in [6.07, 6.45) is 4.31. The van der Waals surface area contributed by atoms with E-state index in [0.717, 1.165) is 48.1 Å². The molecular weight excluding hydrogens is 372 g/mol. The molecular formula is C21H26N4O4. The number of amides is 2. The number of benzene rings is 1. The van der Waals surface area contributed by atoms with Crippen LogP contribution in [-0.4, -0.2) is 34.8 Å². The minimum absolute atomic E-state index is 0.0914. The summed E-state index contributed by atoms with van der Waals surface area (Å²) in [6, 6.07) is 6.20. The Morgan fingerprint density at radius 3 is 2.76 bits per heavy atom. The van der Waals surface area contributed by atoms with Crippen molar-refractivity contribution in [3.63, 3.8) is 0 Å². The fraction of sp³-hybridized carbons (Fsp3) is 0.429. The lowest BCUT2D eigenvalue weighted by atomic mass is 9.90. The Balaban J connectivity index is 1.68. The molecule has 0 saturated carbocycles. The van der Waals surface area contributed by atoms with Crippen molar-refractivity contribution in [1.82, 2.24) is 15.5 Å². The number of carbonyl (C=O) groups excluding carboxylic acids is 2. The maximum absolute atomic E-state index is 12.1. The Hall–Kier alpha value is -3.16. The molecule has 1 unspecified atom stereocenters. The van der Waals surface area contributed by atoms with Crippen LogP contribution in [0.2, 0.25) is 0 Å². The predicted octanol–water partition coefficient (Wildman–Crippen LogP) is 2.31. The van der Waals surface area contributed by atoms with Gasteiger partial charge in [0.15, 0.2) is 0 Å². The summed E-state index contributed by atoms with van der Waals surface area (Å²) in [5, 5.41) is 12.2. The van der Waals surface area contributed by atoms with E-state index in [1.807, 2.05) is 18.2 Å². The number of anilines is 1. The minimum atomic E-state index is -0.741. The summed E-state index contributed by atoms with van der Waals surface area (Å²) in [5.74, 6) is -0.481. The van der Waals surface area contributed by atoms with Gasteiger partial charge in [0, 0.05) is 17.7 Å². The van der Waals surface area contributed by atoms with E-state index in [1.165, 1.54) is 0 Å². The lowest BCUT2D eigenvalue weighted by molar-refractivity contribution is -0.144. The number of urea groups is 1. The van der Waals surface area contributed by atoms with Crippen molar-refractivity contribution in [3.8, 4) is 0 Å². The number of aromatic amines is 1. The molecule has 1 aliphatic rings. The van der Waals surface area contributed by atoms with Gasteiger partial charge < -0.3 is 15.4 Å². The molecule has 8 heteroatoms. The van der Waals surface area contributed by atoms with Crippen LogP contribution in [0.5, 0.6) is 0 Å². The number of hydrogen-bond acceptors (Lipinski definition) is 5. The number of rotatable bonds is 6. The molecule has 154 valence electrons. The predicted molar refractivity (Wildman–Crippen MR) is 109 cm³/mol. The van der Waals surface area contributed by atoms with Crippen LogP contribution in [-0.2, 0) is 28.8 Å². The van der Waals surface area contributed by atoms with Crippen molar-refractivity contribution in [2.75, 3.05) is 11.9 Å². The zero-order chi connectivity index (χ0) is 20.8. The molecule has 1 aromatic heterocycles. The van der Waals surface area contributed by atoms with E-state index < -0.39 is 18.0 Å². The van der Waals surface area contributed by atoms with Crippen molar-refractivity contribution in [1.29, 1.82) is 0 Å². The largest absolute Gasteiger partial charge is 0.464 e. The summed E-state index contributed by atoms with van der Waals surface area (Å²) in [6.45, 7) is 3.54. The van der Waals surface area contributed by atoms with E-state index in [0.29, 0.717) is 12.1 Å². The Morgan fingerprint density at radius 1 is 1.24 bits per heavy atom. The minimum Gasteiger partial charge on any atom is -0.464 e. The van der Waals surface area contributed by atoms with Crippen molar-refractivity contribution in [3.05, 3.63) is 57.0 Å². The first-order valence-corrected chi connectivity index (χ1v) is 9.90. The standard InChI is InChI=1S/C21H26N4O4/c1-3-29-20(27)13(2)22-21(28)23-15-8-6-7-14(11-15)12-18-16-9-4-5-10-17(16)19(26)25-24-18/h6-8,11,13H,3-5,9-10,12H2,1-2H3,(H,25,26)(H2,22,23,28). The highest BCUT2D eigenvalue weighted by Gasteiger charge is 2.19. The van der Waals surface area contributed by atoms with Gasteiger partial charge in [-0.2, -0.15) is 5.10 Å². The Kier molecular flexibility index (Phi) is 6.64. The number of nitrogens with one attached hydrogen (secondary N) is 3. The molecule has 0 bridgehead atoms. The lowest BCUT2D eigenvalue weighted by Gasteiger charge is -2.17. The van der Waals surface area contributed by atoms with Crippen LogP contribution < -0.4 is 16.2 Å². The SMILES string of the molecule is CCOC(=O)C(C)NC(=O)Nc1cccc(Cc2n[nH]c(=O)c3c2CCCC3)c1. The summed E-state index contributed by atoms with van der Waals surface area (Å²) in [5.41, 5.74) is 4.26. The number of fused-ring (bicyclic) bond motifs is 1. The molecule has 8 nitrogen and oxygen atoms in total. The van der Waals surface area contributed by atoms with Crippen molar-refractivity contribution in [2.24, 2.45) is 0 Å². The Bertz CT molecular complexity index is 954. The average Bonchev–Trinajstić information content (AvgIpc) is 2.70. The van der Waals surface area contributed by atoms with E-state index >= 15 is 0 Å². The Morgan fingerprint density at radius 2 is 2.00 bits per heavy atom. The second-order valence-corrected chi connectivity index (χ2v) is 7.11. The number of aromatic nitrogens is 2. The van der Waals surface area contributed by atoms with Gasteiger partial charge in [-0.25, -0.2) is 14.7 Å². The molecule has 3 N–H and O–H groups in total. The fourth-order valence-electron chi connectivity index (χ4n) is 3.52. The highest BCUT2D eigenvalue weighted by molar-refractivity contribution is 5.92. The van der Waals surface area contributed by atoms with Crippen molar-refractivity contribution < 1.29 is 14.3 Å². The zero-order valence-corrected chi connectivity index (χ0v) is 16.7. The monoisotopic (exact) mass is 398 g/mol. The molecule has 0 fully saturated rings. The summed E-state index contributed by atoms with van der Waals surface area (Å²) in [4.78, 5) is 35.8. The molecule has 0 aliphatic heterocycles. The highest BCUT2D eigenvalue weighted by atomic mass is 16.5. The molecule has 0 saturated heterocycles. The summed E-state index contributed by atoms with van der Waals surface area (Å²) >= 11 is 0. The van der Waals surface area contributed by atoms with Crippen LogP contribution in [0.25, 0.3) is 0 Å². The van der Waals surface area contributed by atoms with E-state index in [9.17, 15) is 14.4 Å². The molecule has 1 heterocycles. The van der Waals surface area contributed by atoms with Crippen molar-refractivity contribution in [2.45, 2.75) is 52.0 Å². The van der Waals surface area contributed by atoms with Gasteiger partial charge in [-0.15, -0.1) is 0 Å².